The lowest BCUT2D eigenvalue weighted by Crippen LogP contribution is -2.24. The first-order chi connectivity index (χ1) is 7.20. The van der Waals surface area contributed by atoms with E-state index in [-0.39, 0.29) is 5.92 Å². The summed E-state index contributed by atoms with van der Waals surface area (Å²) in [6.45, 7) is 1.40. The summed E-state index contributed by atoms with van der Waals surface area (Å²) in [7, 11) is 1.77. The second-order valence-corrected chi connectivity index (χ2v) is 4.03. The summed E-state index contributed by atoms with van der Waals surface area (Å²) < 4.78 is 6.92. The van der Waals surface area contributed by atoms with Crippen LogP contribution in [0.3, 0.4) is 0 Å². The van der Waals surface area contributed by atoms with Crippen molar-refractivity contribution in [3.8, 4) is 0 Å². The molecule has 1 aliphatic rings. The fourth-order valence-electron chi connectivity index (χ4n) is 1.96. The molecule has 2 unspecified atom stereocenters. The van der Waals surface area contributed by atoms with E-state index in [2.05, 4.69) is 5.10 Å². The zero-order chi connectivity index (χ0) is 10.8. The van der Waals surface area contributed by atoms with Gasteiger partial charge in [-0.1, -0.05) is 0 Å². The number of nitrogen functional groups attached to an aromatic ring is 1. The number of rotatable bonds is 2. The Morgan fingerprint density at radius 1 is 1.73 bits per heavy atom. The van der Waals surface area contributed by atoms with Gasteiger partial charge >= 0.3 is 0 Å². The largest absolute Gasteiger partial charge is 0.388 e. The third-order valence-electron chi connectivity index (χ3n) is 2.98. The molecule has 2 atom stereocenters. The van der Waals surface area contributed by atoms with Crippen LogP contribution in [0.4, 0.5) is 5.82 Å². The number of aliphatic hydroxyl groups excluding tert-OH is 1. The molecule has 1 aromatic heterocycles. The van der Waals surface area contributed by atoms with Crippen LogP contribution in [0.5, 0.6) is 0 Å². The minimum absolute atomic E-state index is 0.144. The molecule has 0 spiro atoms. The molecule has 0 amide bonds. The number of ether oxygens (including phenoxy) is 1. The summed E-state index contributed by atoms with van der Waals surface area (Å²) in [6, 6.07) is 0. The van der Waals surface area contributed by atoms with Gasteiger partial charge in [0.25, 0.3) is 0 Å². The smallest absolute Gasteiger partial charge is 0.127 e. The number of aryl methyl sites for hydroxylation is 1. The molecule has 1 saturated heterocycles. The predicted molar refractivity (Wildman–Crippen MR) is 56.1 cm³/mol. The molecule has 2 rings (SSSR count). The van der Waals surface area contributed by atoms with E-state index in [9.17, 15) is 5.11 Å². The van der Waals surface area contributed by atoms with Crippen LogP contribution in [-0.2, 0) is 11.8 Å². The molecule has 0 aliphatic carbocycles. The number of hydrogen-bond acceptors (Lipinski definition) is 4. The van der Waals surface area contributed by atoms with Crippen molar-refractivity contribution in [3.05, 3.63) is 11.8 Å². The van der Waals surface area contributed by atoms with Gasteiger partial charge in [0.2, 0.25) is 0 Å². The van der Waals surface area contributed by atoms with Crippen molar-refractivity contribution in [1.82, 2.24) is 9.78 Å². The van der Waals surface area contributed by atoms with E-state index in [1.54, 1.807) is 17.9 Å². The normalized spacial score (nSPS) is 24.0. The molecule has 3 N–H and O–H groups in total. The first-order valence-corrected chi connectivity index (χ1v) is 5.23. The topological polar surface area (TPSA) is 73.3 Å². The van der Waals surface area contributed by atoms with Crippen molar-refractivity contribution < 1.29 is 9.84 Å². The maximum Gasteiger partial charge on any atom is 0.127 e. The molecule has 15 heavy (non-hydrogen) atoms. The molecule has 2 heterocycles. The van der Waals surface area contributed by atoms with Gasteiger partial charge in [-0.2, -0.15) is 5.10 Å². The molecule has 0 saturated carbocycles. The Bertz CT molecular complexity index is 331. The molecule has 5 nitrogen and oxygen atoms in total. The van der Waals surface area contributed by atoms with Crippen molar-refractivity contribution in [2.24, 2.45) is 13.0 Å². The number of hydrogen-bond donors (Lipinski definition) is 2. The molecule has 84 valence electrons. The number of anilines is 1. The van der Waals surface area contributed by atoms with Crippen LogP contribution in [0.15, 0.2) is 6.20 Å². The molecule has 1 fully saturated rings. The molecular weight excluding hydrogens is 194 g/mol. The summed E-state index contributed by atoms with van der Waals surface area (Å²) in [6.07, 6.45) is 3.06. The van der Waals surface area contributed by atoms with Gasteiger partial charge in [-0.15, -0.1) is 0 Å². The van der Waals surface area contributed by atoms with Crippen LogP contribution in [0.2, 0.25) is 0 Å². The zero-order valence-corrected chi connectivity index (χ0v) is 8.89. The third-order valence-corrected chi connectivity index (χ3v) is 2.98. The van der Waals surface area contributed by atoms with E-state index in [1.807, 2.05) is 0 Å². The SMILES string of the molecule is Cn1ncc(C(O)C2CCCOC2)c1N. The summed E-state index contributed by atoms with van der Waals surface area (Å²) in [5.41, 5.74) is 6.53. The summed E-state index contributed by atoms with van der Waals surface area (Å²) >= 11 is 0. The van der Waals surface area contributed by atoms with Crippen LogP contribution in [-0.4, -0.2) is 28.1 Å². The maximum absolute atomic E-state index is 10.1. The highest BCUT2D eigenvalue weighted by molar-refractivity contribution is 5.40. The molecular formula is C10H17N3O2. The average Bonchev–Trinajstić information content (AvgIpc) is 2.60. The van der Waals surface area contributed by atoms with Gasteiger partial charge in [-0.25, -0.2) is 0 Å². The van der Waals surface area contributed by atoms with Crippen molar-refractivity contribution in [3.63, 3.8) is 0 Å². The van der Waals surface area contributed by atoms with Crippen LogP contribution in [0.1, 0.15) is 24.5 Å². The van der Waals surface area contributed by atoms with Gasteiger partial charge in [-0.05, 0) is 12.8 Å². The first-order valence-electron chi connectivity index (χ1n) is 5.23. The van der Waals surface area contributed by atoms with E-state index in [1.165, 1.54) is 0 Å². The van der Waals surface area contributed by atoms with E-state index in [0.717, 1.165) is 19.4 Å². The number of aliphatic hydroxyl groups is 1. The van der Waals surface area contributed by atoms with Gasteiger partial charge in [0.1, 0.15) is 5.82 Å². The monoisotopic (exact) mass is 211 g/mol. The fourth-order valence-corrected chi connectivity index (χ4v) is 1.96. The molecule has 5 heteroatoms. The van der Waals surface area contributed by atoms with Gasteiger partial charge in [0, 0.05) is 25.1 Å². The Kier molecular flexibility index (Phi) is 2.93. The van der Waals surface area contributed by atoms with Gasteiger partial charge in [0.05, 0.1) is 18.9 Å². The van der Waals surface area contributed by atoms with Gasteiger partial charge < -0.3 is 15.6 Å². The molecule has 1 aliphatic heterocycles. The highest BCUT2D eigenvalue weighted by Gasteiger charge is 2.26. The van der Waals surface area contributed by atoms with Crippen molar-refractivity contribution in [2.45, 2.75) is 18.9 Å². The van der Waals surface area contributed by atoms with Crippen LogP contribution in [0, 0.1) is 5.92 Å². The summed E-state index contributed by atoms with van der Waals surface area (Å²) in [5, 5.41) is 14.1. The van der Waals surface area contributed by atoms with E-state index >= 15 is 0 Å². The average molecular weight is 211 g/mol. The summed E-state index contributed by atoms with van der Waals surface area (Å²) in [4.78, 5) is 0. The quantitative estimate of drug-likeness (QED) is 0.745. The van der Waals surface area contributed by atoms with E-state index in [4.69, 9.17) is 10.5 Å². The summed E-state index contributed by atoms with van der Waals surface area (Å²) in [5.74, 6) is 0.679. The number of aromatic nitrogens is 2. The van der Waals surface area contributed by atoms with Crippen LogP contribution < -0.4 is 5.73 Å². The number of nitrogens with zero attached hydrogens (tertiary/aromatic N) is 2. The highest BCUT2D eigenvalue weighted by atomic mass is 16.5. The molecule has 0 aromatic carbocycles. The Balaban J connectivity index is 2.12. The zero-order valence-electron chi connectivity index (χ0n) is 8.89. The van der Waals surface area contributed by atoms with Crippen molar-refractivity contribution in [2.75, 3.05) is 18.9 Å². The number of nitrogens with two attached hydrogens (primary N) is 1. The molecule has 1 aromatic rings. The van der Waals surface area contributed by atoms with Crippen molar-refractivity contribution in [1.29, 1.82) is 0 Å². The molecule has 0 radical (unpaired) electrons. The Morgan fingerprint density at radius 2 is 2.53 bits per heavy atom. The third kappa shape index (κ3) is 1.98. The second-order valence-electron chi connectivity index (χ2n) is 4.03. The second kappa shape index (κ2) is 4.20. The standard InChI is InChI=1S/C10H17N3O2/c1-13-10(11)8(5-12-13)9(14)7-3-2-4-15-6-7/h5,7,9,14H,2-4,6,11H2,1H3. The fraction of sp³-hybridized carbons (Fsp3) is 0.700. The van der Waals surface area contributed by atoms with Crippen LogP contribution >= 0.6 is 0 Å². The van der Waals surface area contributed by atoms with Gasteiger partial charge in [-0.3, -0.25) is 4.68 Å². The highest BCUT2D eigenvalue weighted by Crippen LogP contribution is 2.31. The molecule has 0 bridgehead atoms. The van der Waals surface area contributed by atoms with Crippen LogP contribution in [0.25, 0.3) is 0 Å². The Labute approximate surface area is 88.8 Å². The minimum atomic E-state index is -0.556. The lowest BCUT2D eigenvalue weighted by Gasteiger charge is -2.26. The van der Waals surface area contributed by atoms with E-state index < -0.39 is 6.10 Å². The first kappa shape index (κ1) is 10.4. The van der Waals surface area contributed by atoms with Gasteiger partial charge in [0.15, 0.2) is 0 Å². The van der Waals surface area contributed by atoms with Crippen molar-refractivity contribution >= 4 is 5.82 Å². The maximum atomic E-state index is 10.1. The Morgan fingerprint density at radius 3 is 3.07 bits per heavy atom. The Hall–Kier alpha value is -1.07. The van der Waals surface area contributed by atoms with E-state index in [0.29, 0.717) is 18.0 Å². The lowest BCUT2D eigenvalue weighted by atomic mass is 9.92. The lowest BCUT2D eigenvalue weighted by molar-refractivity contribution is -0.00970. The minimum Gasteiger partial charge on any atom is -0.388 e. The predicted octanol–water partition coefficient (Wildman–Crippen LogP) is 0.462.